The molecule has 0 N–H and O–H groups in total. The zero-order valence-electron chi connectivity index (χ0n) is 20.2. The molecule has 3 atom stereocenters. The lowest BCUT2D eigenvalue weighted by atomic mass is 10.0. The fraction of sp³-hybridized carbons (Fsp3) is 0.423. The molecule has 2 fully saturated rings. The van der Waals surface area contributed by atoms with Crippen LogP contribution < -0.4 is 14.4 Å². The van der Waals surface area contributed by atoms with Crippen LogP contribution in [0.4, 0.5) is 5.69 Å². The van der Waals surface area contributed by atoms with Gasteiger partial charge in [-0.15, -0.1) is 5.10 Å². The molecule has 36 heavy (non-hydrogen) atoms. The standard InChI is InChI=1S/C26H28Cl2N4O4/c1-3-35-26(33)24-25(32(30-29-24)13-16-4-7-20(34-2)8-5-16)36-21-10-17-14-31(15-18(17)11-21)19-6-9-22(27)23(28)12-19/h4-9,12,17-18,21H,3,10-11,13-15H2,1-2H3/t17-,18?,21+/m1/s1. The van der Waals surface area contributed by atoms with Crippen molar-refractivity contribution in [2.24, 2.45) is 11.8 Å². The van der Waals surface area contributed by atoms with Crippen molar-refractivity contribution >= 4 is 34.9 Å². The first-order chi connectivity index (χ1) is 17.4. The second kappa shape index (κ2) is 10.6. The van der Waals surface area contributed by atoms with Crippen molar-refractivity contribution in [2.45, 2.75) is 32.4 Å². The SMILES string of the molecule is CCOC(=O)c1nnn(Cc2ccc(OC)cc2)c1O[C@@H]1CC2CN(c3ccc(Cl)c(Cl)c3)C[C@H]2C1. The minimum Gasteiger partial charge on any atom is -0.497 e. The smallest absolute Gasteiger partial charge is 0.364 e. The lowest BCUT2D eigenvalue weighted by Crippen LogP contribution is -2.25. The molecule has 8 nitrogen and oxygen atoms in total. The Morgan fingerprint density at radius 1 is 1.06 bits per heavy atom. The highest BCUT2D eigenvalue weighted by molar-refractivity contribution is 6.42. The number of hydrogen-bond acceptors (Lipinski definition) is 7. The zero-order valence-corrected chi connectivity index (χ0v) is 21.7. The normalized spacial score (nSPS) is 20.9. The molecule has 5 rings (SSSR count). The lowest BCUT2D eigenvalue weighted by Gasteiger charge is -2.22. The topological polar surface area (TPSA) is 78.7 Å². The summed E-state index contributed by atoms with van der Waals surface area (Å²) >= 11 is 12.3. The van der Waals surface area contributed by atoms with Crippen LogP contribution >= 0.6 is 23.2 Å². The Bertz CT molecular complexity index is 1220. The number of methoxy groups -OCH3 is 1. The molecular formula is C26H28Cl2N4O4. The molecule has 1 aliphatic heterocycles. The molecule has 0 amide bonds. The molecule has 2 aromatic carbocycles. The van der Waals surface area contributed by atoms with Crippen LogP contribution in [0, 0.1) is 11.8 Å². The number of fused-ring (bicyclic) bond motifs is 1. The Morgan fingerprint density at radius 2 is 1.78 bits per heavy atom. The van der Waals surface area contributed by atoms with E-state index in [0.717, 1.165) is 42.9 Å². The van der Waals surface area contributed by atoms with E-state index in [1.54, 1.807) is 18.7 Å². The molecule has 1 aromatic heterocycles. The molecular weight excluding hydrogens is 503 g/mol. The summed E-state index contributed by atoms with van der Waals surface area (Å²) in [5.74, 6) is 1.57. The molecule has 1 unspecified atom stereocenters. The molecule has 10 heteroatoms. The Labute approximate surface area is 220 Å². The van der Waals surface area contributed by atoms with Gasteiger partial charge < -0.3 is 19.1 Å². The number of anilines is 1. The van der Waals surface area contributed by atoms with Gasteiger partial charge in [0.2, 0.25) is 11.6 Å². The van der Waals surface area contributed by atoms with Gasteiger partial charge in [-0.1, -0.05) is 40.5 Å². The second-order valence-corrected chi connectivity index (χ2v) is 10.0. The van der Waals surface area contributed by atoms with E-state index in [1.807, 2.05) is 42.5 Å². The third-order valence-corrected chi connectivity index (χ3v) is 7.64. The third kappa shape index (κ3) is 5.11. The molecule has 190 valence electrons. The number of benzene rings is 2. The van der Waals surface area contributed by atoms with Crippen LogP contribution in [-0.2, 0) is 11.3 Å². The average molecular weight is 531 g/mol. The van der Waals surface area contributed by atoms with Crippen molar-refractivity contribution in [3.05, 3.63) is 63.8 Å². The van der Waals surface area contributed by atoms with E-state index in [9.17, 15) is 4.79 Å². The first-order valence-electron chi connectivity index (χ1n) is 12.0. The Kier molecular flexibility index (Phi) is 7.25. The fourth-order valence-corrected chi connectivity index (χ4v) is 5.44. The lowest BCUT2D eigenvalue weighted by molar-refractivity contribution is 0.0510. The van der Waals surface area contributed by atoms with Crippen LogP contribution in [-0.4, -0.2) is 53.9 Å². The van der Waals surface area contributed by atoms with Crippen molar-refractivity contribution in [1.82, 2.24) is 15.0 Å². The monoisotopic (exact) mass is 530 g/mol. The predicted molar refractivity (Wildman–Crippen MR) is 137 cm³/mol. The predicted octanol–water partition coefficient (Wildman–Crippen LogP) is 5.11. The van der Waals surface area contributed by atoms with Crippen molar-refractivity contribution < 1.29 is 19.0 Å². The maximum Gasteiger partial charge on any atom is 0.364 e. The van der Waals surface area contributed by atoms with E-state index in [4.69, 9.17) is 37.4 Å². The molecule has 1 saturated heterocycles. The minimum atomic E-state index is -0.530. The quantitative estimate of drug-likeness (QED) is 0.374. The number of carbonyl (C=O) groups excluding carboxylic acids is 1. The average Bonchev–Trinajstić information content (AvgIpc) is 3.56. The van der Waals surface area contributed by atoms with E-state index in [0.29, 0.717) is 34.3 Å². The van der Waals surface area contributed by atoms with Crippen LogP contribution in [0.15, 0.2) is 42.5 Å². The van der Waals surface area contributed by atoms with Crippen molar-refractivity contribution in [2.75, 3.05) is 31.7 Å². The Balaban J connectivity index is 1.29. The van der Waals surface area contributed by atoms with E-state index < -0.39 is 5.97 Å². The number of carbonyl (C=O) groups is 1. The largest absolute Gasteiger partial charge is 0.497 e. The van der Waals surface area contributed by atoms with Crippen molar-refractivity contribution in [3.63, 3.8) is 0 Å². The van der Waals surface area contributed by atoms with Gasteiger partial charge in [0.15, 0.2) is 0 Å². The molecule has 2 heterocycles. The van der Waals surface area contributed by atoms with Gasteiger partial charge in [-0.2, -0.15) is 0 Å². The highest BCUT2D eigenvalue weighted by Crippen LogP contribution is 2.42. The van der Waals surface area contributed by atoms with Crippen LogP contribution in [0.25, 0.3) is 0 Å². The zero-order chi connectivity index (χ0) is 25.2. The van der Waals surface area contributed by atoms with Gasteiger partial charge in [-0.3, -0.25) is 0 Å². The Hall–Kier alpha value is -2.97. The number of ether oxygens (including phenoxy) is 3. The van der Waals surface area contributed by atoms with Gasteiger partial charge >= 0.3 is 5.97 Å². The number of rotatable bonds is 8. The summed E-state index contributed by atoms with van der Waals surface area (Å²) in [7, 11) is 1.63. The highest BCUT2D eigenvalue weighted by Gasteiger charge is 2.43. The van der Waals surface area contributed by atoms with Gasteiger partial charge in [0.1, 0.15) is 11.9 Å². The molecule has 0 radical (unpaired) electrons. The summed E-state index contributed by atoms with van der Waals surface area (Å²) in [6.07, 6.45) is 1.74. The van der Waals surface area contributed by atoms with Gasteiger partial charge in [0.25, 0.3) is 0 Å². The summed E-state index contributed by atoms with van der Waals surface area (Å²) in [6.45, 7) is 4.28. The summed E-state index contributed by atoms with van der Waals surface area (Å²) in [6, 6.07) is 13.4. The third-order valence-electron chi connectivity index (χ3n) is 6.90. The van der Waals surface area contributed by atoms with E-state index in [2.05, 4.69) is 15.2 Å². The maximum absolute atomic E-state index is 12.6. The van der Waals surface area contributed by atoms with E-state index in [-0.39, 0.29) is 18.4 Å². The highest BCUT2D eigenvalue weighted by atomic mass is 35.5. The first-order valence-corrected chi connectivity index (χ1v) is 12.8. The number of esters is 1. The van der Waals surface area contributed by atoms with Crippen LogP contribution in [0.1, 0.15) is 35.8 Å². The van der Waals surface area contributed by atoms with E-state index >= 15 is 0 Å². The summed E-state index contributed by atoms with van der Waals surface area (Å²) in [4.78, 5) is 14.9. The summed E-state index contributed by atoms with van der Waals surface area (Å²) < 4.78 is 18.5. The summed E-state index contributed by atoms with van der Waals surface area (Å²) in [5, 5.41) is 9.45. The number of nitrogens with zero attached hydrogens (tertiary/aromatic N) is 4. The van der Waals surface area contributed by atoms with Crippen LogP contribution in [0.2, 0.25) is 10.0 Å². The van der Waals surface area contributed by atoms with Crippen LogP contribution in [0.3, 0.4) is 0 Å². The van der Waals surface area contributed by atoms with Crippen molar-refractivity contribution in [1.29, 1.82) is 0 Å². The molecule has 0 spiro atoms. The fourth-order valence-electron chi connectivity index (χ4n) is 5.15. The van der Waals surface area contributed by atoms with E-state index in [1.165, 1.54) is 0 Å². The second-order valence-electron chi connectivity index (χ2n) is 9.20. The first kappa shape index (κ1) is 24.7. The van der Waals surface area contributed by atoms with Gasteiger partial charge in [0, 0.05) is 18.8 Å². The minimum absolute atomic E-state index is 0.0303. The maximum atomic E-state index is 12.6. The molecule has 0 bridgehead atoms. The van der Waals surface area contributed by atoms with Gasteiger partial charge in [-0.25, -0.2) is 9.48 Å². The molecule has 1 saturated carbocycles. The molecule has 2 aliphatic rings. The van der Waals surface area contributed by atoms with Crippen molar-refractivity contribution in [3.8, 4) is 11.6 Å². The summed E-state index contributed by atoms with van der Waals surface area (Å²) in [5.41, 5.74) is 2.18. The molecule has 1 aliphatic carbocycles. The molecule has 3 aromatic rings. The number of aromatic nitrogens is 3. The van der Waals surface area contributed by atoms with Crippen LogP contribution in [0.5, 0.6) is 11.6 Å². The number of halogens is 2. The Morgan fingerprint density at radius 3 is 2.42 bits per heavy atom. The number of hydrogen-bond donors (Lipinski definition) is 0. The van der Waals surface area contributed by atoms with Gasteiger partial charge in [-0.05, 0) is 67.5 Å². The van der Waals surface area contributed by atoms with Gasteiger partial charge in [0.05, 0.1) is 30.3 Å².